The van der Waals surface area contributed by atoms with Gasteiger partial charge in [-0.05, 0) is 60.7 Å². The summed E-state index contributed by atoms with van der Waals surface area (Å²) in [6.45, 7) is 6.76. The summed E-state index contributed by atoms with van der Waals surface area (Å²) in [7, 11) is 0. The quantitative estimate of drug-likeness (QED) is 0.623. The van der Waals surface area contributed by atoms with Gasteiger partial charge < -0.3 is 15.2 Å². The van der Waals surface area contributed by atoms with Crippen molar-refractivity contribution in [2.24, 2.45) is 5.41 Å². The molecule has 1 aliphatic heterocycles. The molecule has 7 nitrogen and oxygen atoms in total. The molecule has 0 radical (unpaired) electrons. The standard InChI is InChI=1S/C25H26N4O3/c1-4-32-18-10-8-15(9-11-18)23-27-24-26-19-13-25(2,3)14-20(31)21(19)22(29(24)28-23)16-6-5-7-17(30)12-16/h5-12,22,30H,4,13-14H2,1-3H3,(H,26,27,28). The third-order valence-corrected chi connectivity index (χ3v) is 5.94. The van der Waals surface area contributed by atoms with Gasteiger partial charge in [-0.1, -0.05) is 26.0 Å². The number of ether oxygens (including phenoxy) is 1. The molecule has 164 valence electrons. The van der Waals surface area contributed by atoms with Gasteiger partial charge in [-0.15, -0.1) is 5.10 Å². The number of hydrogen-bond acceptors (Lipinski definition) is 6. The molecule has 1 aliphatic carbocycles. The SMILES string of the molecule is CCOc1ccc(-c2nc3n(n2)C(c2cccc(O)c2)C2=C(CC(C)(C)CC2=O)N3)cc1. The summed E-state index contributed by atoms with van der Waals surface area (Å²) in [5, 5.41) is 18.3. The number of nitrogens with one attached hydrogen (secondary N) is 1. The Morgan fingerprint density at radius 3 is 2.69 bits per heavy atom. The van der Waals surface area contributed by atoms with E-state index in [2.05, 4.69) is 19.2 Å². The highest BCUT2D eigenvalue weighted by molar-refractivity contribution is 6.00. The lowest BCUT2D eigenvalue weighted by Crippen LogP contribution is -2.36. The van der Waals surface area contributed by atoms with Gasteiger partial charge in [0.25, 0.3) is 0 Å². The number of Topliss-reactive ketones (excluding diaryl/α,β-unsaturated/α-hetero) is 1. The second kappa shape index (κ2) is 7.51. The maximum atomic E-state index is 13.3. The number of hydrogen-bond donors (Lipinski definition) is 2. The van der Waals surface area contributed by atoms with Crippen molar-refractivity contribution in [3.05, 3.63) is 65.4 Å². The first-order valence-corrected chi connectivity index (χ1v) is 10.9. The molecule has 2 aromatic carbocycles. The van der Waals surface area contributed by atoms with E-state index >= 15 is 0 Å². The number of carbonyl (C=O) groups is 1. The van der Waals surface area contributed by atoms with Crippen molar-refractivity contribution in [3.63, 3.8) is 0 Å². The summed E-state index contributed by atoms with van der Waals surface area (Å²) in [5.74, 6) is 2.20. The van der Waals surface area contributed by atoms with Crippen molar-refractivity contribution < 1.29 is 14.6 Å². The molecule has 0 spiro atoms. The molecule has 2 N–H and O–H groups in total. The van der Waals surface area contributed by atoms with Crippen molar-refractivity contribution in [1.82, 2.24) is 14.8 Å². The summed E-state index contributed by atoms with van der Waals surface area (Å²) >= 11 is 0. The number of benzene rings is 2. The second-order valence-electron chi connectivity index (χ2n) is 9.12. The molecule has 0 saturated heterocycles. The third kappa shape index (κ3) is 3.53. The van der Waals surface area contributed by atoms with E-state index in [0.717, 1.165) is 29.0 Å². The molecule has 2 aliphatic rings. The lowest BCUT2D eigenvalue weighted by atomic mass is 9.73. The van der Waals surface area contributed by atoms with Gasteiger partial charge in [0.2, 0.25) is 5.95 Å². The van der Waals surface area contributed by atoms with Crippen molar-refractivity contribution >= 4 is 11.7 Å². The van der Waals surface area contributed by atoms with Crippen LogP contribution in [-0.2, 0) is 4.79 Å². The van der Waals surface area contributed by atoms with Crippen LogP contribution in [0.2, 0.25) is 0 Å². The van der Waals surface area contributed by atoms with Crippen molar-refractivity contribution in [2.45, 2.75) is 39.7 Å². The Kier molecular flexibility index (Phi) is 4.77. The number of anilines is 1. The number of allylic oxidation sites excluding steroid dienone is 2. The molecule has 2 heterocycles. The lowest BCUT2D eigenvalue weighted by molar-refractivity contribution is -0.118. The van der Waals surface area contributed by atoms with Gasteiger partial charge in [0.15, 0.2) is 11.6 Å². The Balaban J connectivity index is 1.62. The predicted molar refractivity (Wildman–Crippen MR) is 122 cm³/mol. The van der Waals surface area contributed by atoms with Gasteiger partial charge in [-0.3, -0.25) is 4.79 Å². The fourth-order valence-electron chi connectivity index (χ4n) is 4.60. The molecule has 0 bridgehead atoms. The third-order valence-electron chi connectivity index (χ3n) is 5.94. The zero-order chi connectivity index (χ0) is 22.5. The largest absolute Gasteiger partial charge is 0.508 e. The zero-order valence-corrected chi connectivity index (χ0v) is 18.4. The van der Waals surface area contributed by atoms with E-state index in [-0.39, 0.29) is 16.9 Å². The maximum absolute atomic E-state index is 13.3. The van der Waals surface area contributed by atoms with Crippen LogP contribution in [0.3, 0.4) is 0 Å². The molecule has 0 fully saturated rings. The average molecular weight is 431 g/mol. The average Bonchev–Trinajstić information content (AvgIpc) is 3.15. The highest BCUT2D eigenvalue weighted by Crippen LogP contribution is 2.46. The number of ketones is 1. The molecule has 7 heteroatoms. The Morgan fingerprint density at radius 1 is 1.19 bits per heavy atom. The van der Waals surface area contributed by atoms with Crippen LogP contribution in [0.25, 0.3) is 11.4 Å². The van der Waals surface area contributed by atoms with Crippen LogP contribution in [0.4, 0.5) is 5.95 Å². The molecule has 5 rings (SSSR count). The van der Waals surface area contributed by atoms with Gasteiger partial charge in [0.05, 0.1) is 6.61 Å². The van der Waals surface area contributed by atoms with E-state index in [1.165, 1.54) is 0 Å². The smallest absolute Gasteiger partial charge is 0.226 e. The number of aromatic nitrogens is 3. The minimum Gasteiger partial charge on any atom is -0.508 e. The van der Waals surface area contributed by atoms with Crippen molar-refractivity contribution in [1.29, 1.82) is 0 Å². The van der Waals surface area contributed by atoms with E-state index in [1.54, 1.807) is 22.9 Å². The fourth-order valence-corrected chi connectivity index (χ4v) is 4.60. The number of phenols is 1. The van der Waals surface area contributed by atoms with E-state index in [1.807, 2.05) is 37.3 Å². The highest BCUT2D eigenvalue weighted by atomic mass is 16.5. The second-order valence-corrected chi connectivity index (χ2v) is 9.12. The van der Waals surface area contributed by atoms with Crippen LogP contribution < -0.4 is 10.1 Å². The first-order valence-electron chi connectivity index (χ1n) is 10.9. The zero-order valence-electron chi connectivity index (χ0n) is 18.4. The molecule has 1 atom stereocenters. The number of fused-ring (bicyclic) bond motifs is 1. The van der Waals surface area contributed by atoms with Gasteiger partial charge >= 0.3 is 0 Å². The van der Waals surface area contributed by atoms with Crippen LogP contribution in [0.5, 0.6) is 11.5 Å². The van der Waals surface area contributed by atoms with E-state index < -0.39 is 6.04 Å². The van der Waals surface area contributed by atoms with Crippen LogP contribution in [0.15, 0.2) is 59.8 Å². The first kappa shape index (κ1) is 20.3. The summed E-state index contributed by atoms with van der Waals surface area (Å²) < 4.78 is 7.29. The topological polar surface area (TPSA) is 89.3 Å². The summed E-state index contributed by atoms with van der Waals surface area (Å²) in [5.41, 5.74) is 3.11. The molecule has 32 heavy (non-hydrogen) atoms. The van der Waals surface area contributed by atoms with Crippen LogP contribution in [0.1, 0.15) is 45.2 Å². The number of carbonyl (C=O) groups excluding carboxylic acids is 1. The molecular weight excluding hydrogens is 404 g/mol. The first-order chi connectivity index (χ1) is 15.3. The number of aromatic hydroxyl groups is 1. The predicted octanol–water partition coefficient (Wildman–Crippen LogP) is 4.71. The number of nitrogens with zero attached hydrogens (tertiary/aromatic N) is 3. The lowest BCUT2D eigenvalue weighted by Gasteiger charge is -2.38. The number of phenolic OH excluding ortho intramolecular Hbond substituents is 1. The van der Waals surface area contributed by atoms with Crippen LogP contribution >= 0.6 is 0 Å². The fraction of sp³-hybridized carbons (Fsp3) is 0.320. The monoisotopic (exact) mass is 430 g/mol. The minimum absolute atomic E-state index is 0.0980. The van der Waals surface area contributed by atoms with Gasteiger partial charge in [0, 0.05) is 23.3 Å². The Bertz CT molecular complexity index is 1220. The van der Waals surface area contributed by atoms with Crippen LogP contribution in [-0.4, -0.2) is 32.3 Å². The highest BCUT2D eigenvalue weighted by Gasteiger charge is 2.42. The van der Waals surface area contributed by atoms with E-state index in [9.17, 15) is 9.90 Å². The van der Waals surface area contributed by atoms with Gasteiger partial charge in [0.1, 0.15) is 17.5 Å². The molecular formula is C25H26N4O3. The molecule has 1 unspecified atom stereocenters. The summed E-state index contributed by atoms with van der Waals surface area (Å²) in [6, 6.07) is 14.2. The van der Waals surface area contributed by atoms with Gasteiger partial charge in [-0.2, -0.15) is 4.98 Å². The molecule has 0 amide bonds. The summed E-state index contributed by atoms with van der Waals surface area (Å²) in [4.78, 5) is 18.0. The normalized spacial score (nSPS) is 19.2. The molecule has 1 aromatic heterocycles. The Labute approximate surface area is 186 Å². The Hall–Kier alpha value is -3.61. The maximum Gasteiger partial charge on any atom is 0.226 e. The van der Waals surface area contributed by atoms with E-state index in [4.69, 9.17) is 14.8 Å². The summed E-state index contributed by atoms with van der Waals surface area (Å²) in [6.07, 6.45) is 1.22. The van der Waals surface area contributed by atoms with Gasteiger partial charge in [-0.25, -0.2) is 4.68 Å². The number of rotatable bonds is 4. The molecule has 3 aromatic rings. The Morgan fingerprint density at radius 2 is 1.97 bits per heavy atom. The van der Waals surface area contributed by atoms with Crippen molar-refractivity contribution in [2.75, 3.05) is 11.9 Å². The van der Waals surface area contributed by atoms with E-state index in [0.29, 0.717) is 30.4 Å². The van der Waals surface area contributed by atoms with Crippen LogP contribution in [0, 0.1) is 5.41 Å². The molecule has 0 saturated carbocycles. The van der Waals surface area contributed by atoms with Crippen molar-refractivity contribution in [3.8, 4) is 22.9 Å². The minimum atomic E-state index is -0.444.